The summed E-state index contributed by atoms with van der Waals surface area (Å²) in [5.74, 6) is 2.87. The van der Waals surface area contributed by atoms with Crippen molar-refractivity contribution < 1.29 is 4.79 Å². The van der Waals surface area contributed by atoms with Gasteiger partial charge in [0.2, 0.25) is 5.91 Å². The molecule has 2 aromatic carbocycles. The molecule has 1 N–H and O–H groups in total. The fraction of sp³-hybridized carbons (Fsp3) is 0.118. The van der Waals surface area contributed by atoms with Crippen LogP contribution in [0.15, 0.2) is 51.8 Å². The minimum Gasteiger partial charge on any atom is -0.325 e. The molecule has 0 aliphatic rings. The lowest BCUT2D eigenvalue weighted by Crippen LogP contribution is -2.14. The lowest BCUT2D eigenvalue weighted by Gasteiger charge is -2.07. The molecule has 0 aliphatic carbocycles. The van der Waals surface area contributed by atoms with Gasteiger partial charge in [0.1, 0.15) is 0 Å². The van der Waals surface area contributed by atoms with Crippen molar-refractivity contribution in [2.24, 2.45) is 0 Å². The van der Waals surface area contributed by atoms with Crippen LogP contribution in [0.5, 0.6) is 0 Å². The number of aryl methyl sites for hydroxylation is 1. The predicted molar refractivity (Wildman–Crippen MR) is 92.6 cm³/mol. The van der Waals surface area contributed by atoms with Gasteiger partial charge in [-0.05, 0) is 48.9 Å². The molecule has 2 aromatic rings. The quantitative estimate of drug-likeness (QED) is 0.644. The number of terminal acetylenes is 1. The van der Waals surface area contributed by atoms with Crippen LogP contribution >= 0.6 is 27.7 Å². The van der Waals surface area contributed by atoms with E-state index in [0.717, 1.165) is 26.2 Å². The van der Waals surface area contributed by atoms with E-state index >= 15 is 0 Å². The third-order valence-corrected chi connectivity index (χ3v) is 4.48. The molecule has 0 aliphatic heterocycles. The highest BCUT2D eigenvalue weighted by Gasteiger charge is 2.06. The molecule has 0 unspecified atom stereocenters. The lowest BCUT2D eigenvalue weighted by molar-refractivity contribution is -0.113. The van der Waals surface area contributed by atoms with E-state index in [9.17, 15) is 4.79 Å². The molecule has 0 radical (unpaired) electrons. The van der Waals surface area contributed by atoms with E-state index in [4.69, 9.17) is 6.42 Å². The zero-order chi connectivity index (χ0) is 15.2. The summed E-state index contributed by atoms with van der Waals surface area (Å²) >= 11 is 4.95. The van der Waals surface area contributed by atoms with Crippen molar-refractivity contribution in [3.05, 3.63) is 58.1 Å². The molecule has 0 saturated heterocycles. The molecule has 0 heterocycles. The normalized spacial score (nSPS) is 9.95. The summed E-state index contributed by atoms with van der Waals surface area (Å²) in [6.07, 6.45) is 5.34. The Morgan fingerprint density at radius 2 is 2.14 bits per heavy atom. The Morgan fingerprint density at radius 3 is 2.86 bits per heavy atom. The van der Waals surface area contributed by atoms with Gasteiger partial charge in [-0.1, -0.05) is 27.9 Å². The second kappa shape index (κ2) is 7.35. The molecule has 0 bridgehead atoms. The number of amides is 1. The molecule has 106 valence electrons. The second-order valence-corrected chi connectivity index (χ2v) is 6.40. The van der Waals surface area contributed by atoms with Crippen LogP contribution in [0.1, 0.15) is 11.1 Å². The van der Waals surface area contributed by atoms with Gasteiger partial charge in [0.05, 0.1) is 5.75 Å². The number of hydrogen-bond acceptors (Lipinski definition) is 2. The number of hydrogen-bond donors (Lipinski definition) is 1. The van der Waals surface area contributed by atoms with Crippen molar-refractivity contribution in [2.75, 3.05) is 11.1 Å². The SMILES string of the molecule is C#Cc1cccc(NC(=O)CSc2ccc(Br)cc2C)c1. The van der Waals surface area contributed by atoms with Crippen LogP contribution in [-0.4, -0.2) is 11.7 Å². The highest BCUT2D eigenvalue weighted by Crippen LogP contribution is 2.25. The molecular formula is C17H14BrNOS. The summed E-state index contributed by atoms with van der Waals surface area (Å²) < 4.78 is 1.04. The standard InChI is InChI=1S/C17H14BrNOS/c1-3-13-5-4-6-15(10-13)19-17(20)11-21-16-8-7-14(18)9-12(16)2/h1,4-10H,11H2,2H3,(H,19,20). The average molecular weight is 360 g/mol. The average Bonchev–Trinajstić information content (AvgIpc) is 2.46. The van der Waals surface area contributed by atoms with Gasteiger partial charge in [-0.25, -0.2) is 0 Å². The zero-order valence-electron chi connectivity index (χ0n) is 11.5. The number of benzene rings is 2. The molecule has 0 atom stereocenters. The summed E-state index contributed by atoms with van der Waals surface area (Å²) in [5, 5.41) is 2.85. The number of halogens is 1. The predicted octanol–water partition coefficient (Wildman–Crippen LogP) is 4.47. The molecule has 2 rings (SSSR count). The van der Waals surface area contributed by atoms with Gasteiger partial charge in [-0.15, -0.1) is 18.2 Å². The number of carbonyl (C=O) groups is 1. The molecule has 0 aromatic heterocycles. The van der Waals surface area contributed by atoms with E-state index in [2.05, 4.69) is 27.2 Å². The molecule has 4 heteroatoms. The largest absolute Gasteiger partial charge is 0.325 e. The Labute approximate surface area is 137 Å². The van der Waals surface area contributed by atoms with Gasteiger partial charge in [0, 0.05) is 20.6 Å². The van der Waals surface area contributed by atoms with Crippen LogP contribution in [0, 0.1) is 19.3 Å². The third-order valence-electron chi connectivity index (χ3n) is 2.81. The Kier molecular flexibility index (Phi) is 5.49. The molecular weight excluding hydrogens is 346 g/mol. The Hall–Kier alpha value is -1.70. The summed E-state index contributed by atoms with van der Waals surface area (Å²) in [5.41, 5.74) is 2.63. The number of thioether (sulfide) groups is 1. The third kappa shape index (κ3) is 4.66. The first kappa shape index (κ1) is 15.7. The second-order valence-electron chi connectivity index (χ2n) is 4.47. The maximum absolute atomic E-state index is 12.0. The van der Waals surface area contributed by atoms with E-state index in [1.54, 1.807) is 6.07 Å². The minimum atomic E-state index is -0.0449. The van der Waals surface area contributed by atoms with Crippen molar-refractivity contribution in [1.29, 1.82) is 0 Å². The smallest absolute Gasteiger partial charge is 0.234 e. The van der Waals surface area contributed by atoms with Crippen LogP contribution in [0.2, 0.25) is 0 Å². The van der Waals surface area contributed by atoms with Gasteiger partial charge < -0.3 is 5.32 Å². The van der Waals surface area contributed by atoms with E-state index in [-0.39, 0.29) is 5.91 Å². The first-order chi connectivity index (χ1) is 10.1. The Balaban J connectivity index is 1.94. The Bertz CT molecular complexity index is 706. The van der Waals surface area contributed by atoms with Gasteiger partial charge in [0.15, 0.2) is 0 Å². The summed E-state index contributed by atoms with van der Waals surface area (Å²) in [4.78, 5) is 13.1. The van der Waals surface area contributed by atoms with Crippen molar-refractivity contribution in [2.45, 2.75) is 11.8 Å². The van der Waals surface area contributed by atoms with E-state index in [0.29, 0.717) is 5.75 Å². The highest BCUT2D eigenvalue weighted by molar-refractivity contribution is 9.10. The van der Waals surface area contributed by atoms with Crippen molar-refractivity contribution >= 4 is 39.3 Å². The topological polar surface area (TPSA) is 29.1 Å². The lowest BCUT2D eigenvalue weighted by atomic mass is 10.2. The van der Waals surface area contributed by atoms with Crippen molar-refractivity contribution in [3.8, 4) is 12.3 Å². The Morgan fingerprint density at radius 1 is 1.33 bits per heavy atom. The fourth-order valence-electron chi connectivity index (χ4n) is 1.80. The minimum absolute atomic E-state index is 0.0449. The first-order valence-electron chi connectivity index (χ1n) is 6.34. The molecule has 21 heavy (non-hydrogen) atoms. The van der Waals surface area contributed by atoms with Crippen molar-refractivity contribution in [1.82, 2.24) is 0 Å². The highest BCUT2D eigenvalue weighted by atomic mass is 79.9. The van der Waals surface area contributed by atoms with Gasteiger partial charge in [-0.3, -0.25) is 4.79 Å². The van der Waals surface area contributed by atoms with E-state index in [1.807, 2.05) is 43.3 Å². The molecule has 2 nitrogen and oxygen atoms in total. The van der Waals surface area contributed by atoms with Crippen LogP contribution in [0.3, 0.4) is 0 Å². The molecule has 1 amide bonds. The maximum atomic E-state index is 12.0. The maximum Gasteiger partial charge on any atom is 0.234 e. The van der Waals surface area contributed by atoms with E-state index < -0.39 is 0 Å². The number of rotatable bonds is 4. The van der Waals surface area contributed by atoms with Gasteiger partial charge in [0.25, 0.3) is 0 Å². The molecule has 0 fully saturated rings. The first-order valence-corrected chi connectivity index (χ1v) is 8.12. The number of anilines is 1. The summed E-state index contributed by atoms with van der Waals surface area (Å²) in [7, 11) is 0. The number of carbonyl (C=O) groups excluding carboxylic acids is 1. The van der Waals surface area contributed by atoms with Gasteiger partial charge in [-0.2, -0.15) is 0 Å². The zero-order valence-corrected chi connectivity index (χ0v) is 13.9. The van der Waals surface area contributed by atoms with E-state index in [1.165, 1.54) is 11.8 Å². The fourth-order valence-corrected chi connectivity index (χ4v) is 3.09. The molecule has 0 saturated carbocycles. The van der Waals surface area contributed by atoms with Crippen LogP contribution in [-0.2, 0) is 4.79 Å². The van der Waals surface area contributed by atoms with Crippen molar-refractivity contribution in [3.63, 3.8) is 0 Å². The summed E-state index contributed by atoms with van der Waals surface area (Å²) in [6.45, 7) is 2.03. The van der Waals surface area contributed by atoms with Gasteiger partial charge >= 0.3 is 0 Å². The van der Waals surface area contributed by atoms with Crippen LogP contribution < -0.4 is 5.32 Å². The monoisotopic (exact) mass is 359 g/mol. The summed E-state index contributed by atoms with van der Waals surface area (Å²) in [6, 6.07) is 13.3. The van der Waals surface area contributed by atoms with Crippen LogP contribution in [0.25, 0.3) is 0 Å². The number of nitrogens with one attached hydrogen (secondary N) is 1. The van der Waals surface area contributed by atoms with Crippen LogP contribution in [0.4, 0.5) is 5.69 Å². The molecule has 0 spiro atoms.